The molecule has 0 saturated heterocycles. The van der Waals surface area contributed by atoms with Crippen molar-refractivity contribution in [2.45, 2.75) is 0 Å². The summed E-state index contributed by atoms with van der Waals surface area (Å²) in [6.45, 7) is 0. The third kappa shape index (κ3) is 4.36. The zero-order valence-corrected chi connectivity index (χ0v) is 18.3. The molecule has 0 radical (unpaired) electrons. The first-order chi connectivity index (χ1) is 15.5. The lowest BCUT2D eigenvalue weighted by molar-refractivity contribution is 0.585. The Morgan fingerprint density at radius 2 is 2.00 bits per heavy atom. The van der Waals surface area contributed by atoms with Crippen LogP contribution in [-0.2, 0) is 7.05 Å². The molecule has 1 aliphatic heterocycles. The first kappa shape index (κ1) is 21.6. The Balaban J connectivity index is 1.76. The molecule has 32 heavy (non-hydrogen) atoms. The van der Waals surface area contributed by atoms with Crippen LogP contribution in [0.3, 0.4) is 0 Å². The molecule has 0 unspecified atom stereocenters. The van der Waals surface area contributed by atoms with Gasteiger partial charge in [-0.1, -0.05) is 11.9 Å². The predicted molar refractivity (Wildman–Crippen MR) is 128 cm³/mol. The molecule has 5 nitrogen and oxygen atoms in total. The summed E-state index contributed by atoms with van der Waals surface area (Å²) in [4.78, 5) is 0. The van der Waals surface area contributed by atoms with E-state index in [0.29, 0.717) is 11.1 Å². The normalized spacial score (nSPS) is 14.6. The summed E-state index contributed by atoms with van der Waals surface area (Å²) in [5.74, 6) is -1.26. The molecule has 8 heteroatoms. The Hall–Kier alpha value is -3.65. The number of allylic oxidation sites excluding steroid dienone is 4. The lowest BCUT2D eigenvalue weighted by atomic mass is 9.96. The largest absolute Gasteiger partial charge is 0.360 e. The van der Waals surface area contributed by atoms with Crippen LogP contribution in [0.2, 0.25) is 0 Å². The lowest BCUT2D eigenvalue weighted by Gasteiger charge is -2.17. The van der Waals surface area contributed by atoms with E-state index in [1.165, 1.54) is 30.3 Å². The van der Waals surface area contributed by atoms with Crippen LogP contribution < -0.4 is 10.0 Å². The van der Waals surface area contributed by atoms with Crippen molar-refractivity contribution in [3.63, 3.8) is 0 Å². The van der Waals surface area contributed by atoms with E-state index in [0.717, 1.165) is 34.3 Å². The third-order valence-corrected chi connectivity index (χ3v) is 5.51. The molecule has 162 valence electrons. The van der Waals surface area contributed by atoms with Gasteiger partial charge in [0, 0.05) is 66.1 Å². The van der Waals surface area contributed by atoms with E-state index in [-0.39, 0.29) is 5.56 Å². The summed E-state index contributed by atoms with van der Waals surface area (Å²) in [6, 6.07) is 10.9. The molecular weight excluding hydrogens is 428 g/mol. The van der Waals surface area contributed by atoms with Gasteiger partial charge in [0.1, 0.15) is 11.6 Å². The van der Waals surface area contributed by atoms with Gasteiger partial charge in [-0.2, -0.15) is 5.10 Å². The van der Waals surface area contributed by atoms with Crippen molar-refractivity contribution >= 4 is 35.0 Å². The van der Waals surface area contributed by atoms with Crippen LogP contribution in [0.5, 0.6) is 0 Å². The quantitative estimate of drug-likeness (QED) is 0.338. The van der Waals surface area contributed by atoms with Crippen molar-refractivity contribution in [3.8, 4) is 11.1 Å². The fourth-order valence-corrected chi connectivity index (χ4v) is 3.92. The molecular formula is C24H21F2N5S. The second kappa shape index (κ2) is 9.23. The van der Waals surface area contributed by atoms with E-state index in [9.17, 15) is 8.78 Å². The monoisotopic (exact) mass is 449 g/mol. The summed E-state index contributed by atoms with van der Waals surface area (Å²) in [5, 5.41) is 15.5. The van der Waals surface area contributed by atoms with Gasteiger partial charge in [-0.3, -0.25) is 4.68 Å². The molecule has 0 saturated carbocycles. The van der Waals surface area contributed by atoms with Crippen LogP contribution in [-0.4, -0.2) is 22.3 Å². The summed E-state index contributed by atoms with van der Waals surface area (Å²) >= 11 is 1.40. The predicted octanol–water partition coefficient (Wildman–Crippen LogP) is 5.62. The van der Waals surface area contributed by atoms with Gasteiger partial charge < -0.3 is 15.4 Å². The molecule has 0 spiro atoms. The van der Waals surface area contributed by atoms with Gasteiger partial charge in [-0.05, 0) is 59.7 Å². The fraction of sp³-hybridized carbons (Fsp3) is 0.0833. The summed E-state index contributed by atoms with van der Waals surface area (Å²) in [7, 11) is 1.87. The number of nitrogens with one attached hydrogen (secondary N) is 3. The SMILES string of the molecule is CSNc1cc(/C(C=N)=C2\C=CC(c3ccnn3C)=CN2)cc(-c2ccc(F)cc2F)c1. The molecule has 0 amide bonds. The van der Waals surface area contributed by atoms with Gasteiger partial charge in [0.15, 0.2) is 0 Å². The molecule has 1 aromatic heterocycles. The number of benzene rings is 2. The van der Waals surface area contributed by atoms with E-state index in [1.807, 2.05) is 43.8 Å². The zero-order chi connectivity index (χ0) is 22.7. The third-order valence-electron chi connectivity index (χ3n) is 5.07. The number of aromatic nitrogens is 2. The van der Waals surface area contributed by atoms with Crippen LogP contribution in [0.1, 0.15) is 11.3 Å². The lowest BCUT2D eigenvalue weighted by Crippen LogP contribution is -2.12. The molecule has 2 aromatic carbocycles. The van der Waals surface area contributed by atoms with E-state index in [4.69, 9.17) is 5.41 Å². The molecule has 0 atom stereocenters. The summed E-state index contributed by atoms with van der Waals surface area (Å²) in [6.07, 6.45) is 10.6. The van der Waals surface area contributed by atoms with Crippen molar-refractivity contribution in [2.75, 3.05) is 11.0 Å². The number of hydrogen-bond donors (Lipinski definition) is 3. The molecule has 1 aliphatic rings. The Morgan fingerprint density at radius 1 is 1.16 bits per heavy atom. The first-order valence-corrected chi connectivity index (χ1v) is 11.0. The van der Waals surface area contributed by atoms with E-state index in [1.54, 1.807) is 23.0 Å². The minimum atomic E-state index is -0.638. The Bertz CT molecular complexity index is 1270. The van der Waals surface area contributed by atoms with Gasteiger partial charge in [0.05, 0.1) is 5.69 Å². The molecule has 0 aliphatic carbocycles. The molecule has 4 rings (SSSR count). The van der Waals surface area contributed by atoms with Crippen LogP contribution in [0, 0.1) is 17.0 Å². The van der Waals surface area contributed by atoms with Crippen molar-refractivity contribution in [3.05, 3.63) is 95.6 Å². The number of nitrogens with zero attached hydrogens (tertiary/aromatic N) is 2. The van der Waals surface area contributed by atoms with Gasteiger partial charge in [-0.15, -0.1) is 0 Å². The number of hydrogen-bond acceptors (Lipinski definition) is 5. The van der Waals surface area contributed by atoms with Crippen molar-refractivity contribution < 1.29 is 8.78 Å². The van der Waals surface area contributed by atoms with Gasteiger partial charge in [-0.25, -0.2) is 8.78 Å². The maximum Gasteiger partial charge on any atom is 0.133 e. The average molecular weight is 450 g/mol. The summed E-state index contributed by atoms with van der Waals surface area (Å²) in [5.41, 5.74) is 5.64. The van der Waals surface area contributed by atoms with E-state index >= 15 is 0 Å². The number of anilines is 1. The van der Waals surface area contributed by atoms with E-state index < -0.39 is 11.6 Å². The summed E-state index contributed by atoms with van der Waals surface area (Å²) < 4.78 is 32.8. The Morgan fingerprint density at radius 3 is 2.62 bits per heavy atom. The zero-order valence-electron chi connectivity index (χ0n) is 17.5. The second-order valence-electron chi connectivity index (χ2n) is 7.12. The maximum absolute atomic E-state index is 14.5. The topological polar surface area (TPSA) is 65.7 Å². The standard InChI is InChI=1S/C24H21F2N5S/c1-31-24(7-8-29-31)15-3-6-23(28-14-15)21(13-27)17-9-16(10-19(11-17)30-32-2)20-5-4-18(25)12-22(20)26/h3-14,27-28,30H,1-2H3/b23-21+,27-13?. The van der Waals surface area contributed by atoms with Crippen LogP contribution in [0.25, 0.3) is 22.3 Å². The highest BCUT2D eigenvalue weighted by Gasteiger charge is 2.14. The minimum absolute atomic E-state index is 0.289. The highest BCUT2D eigenvalue weighted by atomic mass is 32.2. The smallest absolute Gasteiger partial charge is 0.133 e. The van der Waals surface area contributed by atoms with Crippen molar-refractivity contribution in [1.82, 2.24) is 15.1 Å². The second-order valence-corrected chi connectivity index (χ2v) is 7.73. The molecule has 3 aromatic rings. The number of halogens is 2. The number of aryl methyl sites for hydroxylation is 1. The van der Waals surface area contributed by atoms with Gasteiger partial charge >= 0.3 is 0 Å². The van der Waals surface area contributed by atoms with Crippen LogP contribution in [0.15, 0.2) is 72.7 Å². The highest BCUT2D eigenvalue weighted by molar-refractivity contribution is 7.99. The van der Waals surface area contributed by atoms with Gasteiger partial charge in [0.2, 0.25) is 0 Å². The first-order valence-electron chi connectivity index (χ1n) is 9.78. The molecule has 0 fully saturated rings. The van der Waals surface area contributed by atoms with E-state index in [2.05, 4.69) is 15.1 Å². The highest BCUT2D eigenvalue weighted by Crippen LogP contribution is 2.32. The minimum Gasteiger partial charge on any atom is -0.360 e. The fourth-order valence-electron chi connectivity index (χ4n) is 3.56. The Labute approximate surface area is 189 Å². The van der Waals surface area contributed by atoms with Crippen molar-refractivity contribution in [2.24, 2.45) is 7.05 Å². The van der Waals surface area contributed by atoms with Crippen LogP contribution in [0.4, 0.5) is 14.5 Å². The maximum atomic E-state index is 14.5. The molecule has 2 heterocycles. The van der Waals surface area contributed by atoms with Gasteiger partial charge in [0.25, 0.3) is 0 Å². The molecule has 3 N–H and O–H groups in total. The number of rotatable bonds is 6. The van der Waals surface area contributed by atoms with Crippen molar-refractivity contribution in [1.29, 1.82) is 5.41 Å². The number of dihydropyridines is 1. The average Bonchev–Trinajstić information content (AvgIpc) is 3.21. The molecule has 0 bridgehead atoms. The van der Waals surface area contributed by atoms with Crippen LogP contribution >= 0.6 is 11.9 Å². The Kier molecular flexibility index (Phi) is 6.23.